The van der Waals surface area contributed by atoms with E-state index in [0.717, 1.165) is 11.3 Å². The smallest absolute Gasteiger partial charge is 0.332 e. The van der Waals surface area contributed by atoms with Crippen molar-refractivity contribution in [2.75, 3.05) is 13.2 Å². The van der Waals surface area contributed by atoms with Crippen molar-refractivity contribution in [3.8, 4) is 5.75 Å². The number of carboxylic acid groups (broad SMARTS) is 1. The first-order valence-corrected chi connectivity index (χ1v) is 6.47. The molecule has 108 valence electrons. The Morgan fingerprint density at radius 3 is 2.90 bits per heavy atom. The number of amides is 1. The second kappa shape index (κ2) is 6.38. The highest BCUT2D eigenvalue weighted by Gasteiger charge is 2.25. The van der Waals surface area contributed by atoms with E-state index < -0.39 is 12.1 Å². The van der Waals surface area contributed by atoms with Crippen molar-refractivity contribution >= 4 is 11.9 Å². The standard InChI is InChI=1S/C14H17NO5/c16-11(14(18)19)5-6-15-13(17)10-7-9-3-1-2-4-12(9)20-8-10/h1-4,10-11,16H,5-8H2,(H,15,17)(H,18,19)/t10?,11-/m0/s1. The van der Waals surface area contributed by atoms with Gasteiger partial charge in [-0.2, -0.15) is 0 Å². The minimum atomic E-state index is -1.45. The summed E-state index contributed by atoms with van der Waals surface area (Å²) in [6.45, 7) is 0.439. The Bertz CT molecular complexity index is 502. The maximum absolute atomic E-state index is 11.9. The Morgan fingerprint density at radius 1 is 1.40 bits per heavy atom. The minimum Gasteiger partial charge on any atom is -0.492 e. The fourth-order valence-corrected chi connectivity index (χ4v) is 2.10. The van der Waals surface area contributed by atoms with Gasteiger partial charge < -0.3 is 20.3 Å². The van der Waals surface area contributed by atoms with Crippen LogP contribution in [0.4, 0.5) is 0 Å². The Morgan fingerprint density at radius 2 is 2.15 bits per heavy atom. The number of aliphatic carboxylic acids is 1. The number of carboxylic acids is 1. The summed E-state index contributed by atoms with van der Waals surface area (Å²) in [5, 5.41) is 20.3. The first-order chi connectivity index (χ1) is 9.58. The van der Waals surface area contributed by atoms with Crippen LogP contribution in [0.15, 0.2) is 24.3 Å². The number of nitrogens with one attached hydrogen (secondary N) is 1. The van der Waals surface area contributed by atoms with Gasteiger partial charge in [0.15, 0.2) is 6.10 Å². The lowest BCUT2D eigenvalue weighted by atomic mass is 9.96. The first kappa shape index (κ1) is 14.3. The van der Waals surface area contributed by atoms with Gasteiger partial charge >= 0.3 is 5.97 Å². The van der Waals surface area contributed by atoms with E-state index in [1.807, 2.05) is 24.3 Å². The van der Waals surface area contributed by atoms with Crippen LogP contribution in [0.25, 0.3) is 0 Å². The normalized spacial score (nSPS) is 18.6. The van der Waals surface area contributed by atoms with E-state index in [-0.39, 0.29) is 24.8 Å². The summed E-state index contributed by atoms with van der Waals surface area (Å²) in [5.74, 6) is -0.948. The van der Waals surface area contributed by atoms with Crippen molar-refractivity contribution < 1.29 is 24.5 Å². The van der Waals surface area contributed by atoms with Gasteiger partial charge in [0, 0.05) is 13.0 Å². The molecular weight excluding hydrogens is 262 g/mol. The molecule has 1 amide bonds. The third-order valence-electron chi connectivity index (χ3n) is 3.25. The Labute approximate surface area is 116 Å². The van der Waals surface area contributed by atoms with Crippen LogP contribution >= 0.6 is 0 Å². The van der Waals surface area contributed by atoms with Gasteiger partial charge in [-0.25, -0.2) is 4.79 Å². The van der Waals surface area contributed by atoms with E-state index in [1.54, 1.807) is 0 Å². The van der Waals surface area contributed by atoms with Gasteiger partial charge in [-0.15, -0.1) is 0 Å². The van der Waals surface area contributed by atoms with Gasteiger partial charge in [0.25, 0.3) is 0 Å². The lowest BCUT2D eigenvalue weighted by molar-refractivity contribution is -0.147. The lowest BCUT2D eigenvalue weighted by Gasteiger charge is -2.24. The number of carbonyl (C=O) groups excluding carboxylic acids is 1. The molecule has 0 bridgehead atoms. The number of hydrogen-bond acceptors (Lipinski definition) is 4. The molecule has 0 radical (unpaired) electrons. The number of aliphatic hydroxyl groups is 1. The van der Waals surface area contributed by atoms with Crippen LogP contribution in [0.1, 0.15) is 12.0 Å². The number of aliphatic hydroxyl groups excluding tert-OH is 1. The topological polar surface area (TPSA) is 95.9 Å². The average molecular weight is 279 g/mol. The number of benzene rings is 1. The summed E-state index contributed by atoms with van der Waals surface area (Å²) >= 11 is 0. The molecule has 0 saturated carbocycles. The quantitative estimate of drug-likeness (QED) is 0.715. The zero-order chi connectivity index (χ0) is 14.5. The molecule has 1 aliphatic heterocycles. The van der Waals surface area contributed by atoms with Crippen LogP contribution in [-0.4, -0.2) is 41.3 Å². The lowest BCUT2D eigenvalue weighted by Crippen LogP contribution is -2.39. The SMILES string of the molecule is O=C(NCC[C@H](O)C(=O)O)C1COc2ccccc2C1. The van der Waals surface area contributed by atoms with Crippen molar-refractivity contribution in [1.29, 1.82) is 0 Å². The van der Waals surface area contributed by atoms with Gasteiger partial charge in [-0.3, -0.25) is 4.79 Å². The van der Waals surface area contributed by atoms with Crippen molar-refractivity contribution in [3.63, 3.8) is 0 Å². The molecule has 1 unspecified atom stereocenters. The molecule has 6 nitrogen and oxygen atoms in total. The van der Waals surface area contributed by atoms with Crippen LogP contribution in [0, 0.1) is 5.92 Å². The maximum atomic E-state index is 11.9. The zero-order valence-corrected chi connectivity index (χ0v) is 10.9. The first-order valence-electron chi connectivity index (χ1n) is 6.47. The molecule has 6 heteroatoms. The van der Waals surface area contributed by atoms with Crippen LogP contribution in [0.3, 0.4) is 0 Å². The minimum absolute atomic E-state index is 0.00869. The van der Waals surface area contributed by atoms with Gasteiger partial charge in [-0.05, 0) is 18.1 Å². The van der Waals surface area contributed by atoms with Crippen LogP contribution in [0.5, 0.6) is 5.75 Å². The molecule has 0 aliphatic carbocycles. The molecule has 1 aliphatic rings. The highest BCUT2D eigenvalue weighted by atomic mass is 16.5. The molecule has 0 saturated heterocycles. The second-order valence-electron chi connectivity index (χ2n) is 4.75. The summed E-state index contributed by atoms with van der Waals surface area (Å²) < 4.78 is 5.52. The summed E-state index contributed by atoms with van der Waals surface area (Å²) in [5.41, 5.74) is 0.990. The van der Waals surface area contributed by atoms with Gasteiger partial charge in [-0.1, -0.05) is 18.2 Å². The number of para-hydroxylation sites is 1. The number of fused-ring (bicyclic) bond motifs is 1. The molecule has 20 heavy (non-hydrogen) atoms. The van der Waals surface area contributed by atoms with E-state index in [4.69, 9.17) is 14.9 Å². The molecule has 0 spiro atoms. The average Bonchev–Trinajstić information content (AvgIpc) is 2.46. The molecule has 2 atom stereocenters. The van der Waals surface area contributed by atoms with E-state index in [1.165, 1.54) is 0 Å². The molecule has 0 aromatic heterocycles. The van der Waals surface area contributed by atoms with Gasteiger partial charge in [0.2, 0.25) is 5.91 Å². The predicted molar refractivity (Wildman–Crippen MR) is 70.4 cm³/mol. The molecule has 2 rings (SSSR count). The van der Waals surface area contributed by atoms with E-state index in [0.29, 0.717) is 13.0 Å². The largest absolute Gasteiger partial charge is 0.492 e. The fourth-order valence-electron chi connectivity index (χ4n) is 2.10. The van der Waals surface area contributed by atoms with Crippen LogP contribution in [0.2, 0.25) is 0 Å². The Balaban J connectivity index is 1.81. The third kappa shape index (κ3) is 3.48. The monoisotopic (exact) mass is 279 g/mol. The Hall–Kier alpha value is -2.08. The molecular formula is C14H17NO5. The molecule has 1 aromatic carbocycles. The second-order valence-corrected chi connectivity index (χ2v) is 4.75. The van der Waals surface area contributed by atoms with Crippen molar-refractivity contribution in [3.05, 3.63) is 29.8 Å². The number of rotatable bonds is 5. The highest BCUT2D eigenvalue weighted by molar-refractivity contribution is 5.79. The van der Waals surface area contributed by atoms with Crippen molar-refractivity contribution in [2.24, 2.45) is 5.92 Å². The van der Waals surface area contributed by atoms with Crippen LogP contribution in [-0.2, 0) is 16.0 Å². The number of carbonyl (C=O) groups is 2. The van der Waals surface area contributed by atoms with E-state index in [2.05, 4.69) is 5.32 Å². The molecule has 1 heterocycles. The molecule has 1 aromatic rings. The zero-order valence-electron chi connectivity index (χ0n) is 10.9. The number of hydrogen-bond donors (Lipinski definition) is 3. The van der Waals surface area contributed by atoms with Gasteiger partial charge in [0.05, 0.1) is 5.92 Å². The third-order valence-corrected chi connectivity index (χ3v) is 3.25. The maximum Gasteiger partial charge on any atom is 0.332 e. The summed E-state index contributed by atoms with van der Waals surface area (Å²) in [7, 11) is 0. The van der Waals surface area contributed by atoms with Crippen LogP contribution < -0.4 is 10.1 Å². The summed E-state index contributed by atoms with van der Waals surface area (Å²) in [6.07, 6.45) is -0.854. The summed E-state index contributed by atoms with van der Waals surface area (Å²) in [4.78, 5) is 22.4. The summed E-state index contributed by atoms with van der Waals surface area (Å²) in [6, 6.07) is 7.56. The predicted octanol–water partition coefficient (Wildman–Crippen LogP) is 0.190. The van der Waals surface area contributed by atoms with Crippen molar-refractivity contribution in [2.45, 2.75) is 18.9 Å². The van der Waals surface area contributed by atoms with E-state index in [9.17, 15) is 9.59 Å². The Kier molecular flexibility index (Phi) is 4.57. The molecule has 3 N–H and O–H groups in total. The highest BCUT2D eigenvalue weighted by Crippen LogP contribution is 2.26. The molecule has 0 fully saturated rings. The van der Waals surface area contributed by atoms with Gasteiger partial charge in [0.1, 0.15) is 12.4 Å². The van der Waals surface area contributed by atoms with Crippen molar-refractivity contribution in [1.82, 2.24) is 5.32 Å². The fraction of sp³-hybridized carbons (Fsp3) is 0.429. The number of ether oxygens (including phenoxy) is 1. The van der Waals surface area contributed by atoms with E-state index >= 15 is 0 Å².